The molecule has 2 N–H and O–H groups in total. The first kappa shape index (κ1) is 14.2. The van der Waals surface area contributed by atoms with E-state index < -0.39 is 5.97 Å². The van der Waals surface area contributed by atoms with E-state index in [1.54, 1.807) is 4.68 Å². The van der Waals surface area contributed by atoms with E-state index in [1.807, 2.05) is 31.2 Å². The summed E-state index contributed by atoms with van der Waals surface area (Å²) < 4.78 is 6.42. The summed E-state index contributed by atoms with van der Waals surface area (Å²) >= 11 is 0. The molecule has 2 aromatic rings. The molecule has 1 aromatic carbocycles. The van der Waals surface area contributed by atoms with Crippen LogP contribution in [-0.4, -0.2) is 34.6 Å². The van der Waals surface area contributed by atoms with Gasteiger partial charge in [0.25, 0.3) is 0 Å². The Kier molecular flexibility index (Phi) is 4.47. The van der Waals surface area contributed by atoms with Gasteiger partial charge in [-0.25, -0.2) is 9.48 Å². The molecule has 0 saturated carbocycles. The molecule has 0 amide bonds. The predicted molar refractivity (Wildman–Crippen MR) is 74.4 cm³/mol. The Balaban J connectivity index is 2.34. The summed E-state index contributed by atoms with van der Waals surface area (Å²) in [5.74, 6) is -0.482. The van der Waals surface area contributed by atoms with Gasteiger partial charge >= 0.3 is 5.97 Å². The van der Waals surface area contributed by atoms with E-state index in [0.717, 1.165) is 5.56 Å². The molecule has 0 atom stereocenters. The minimum atomic E-state index is -0.482. The third kappa shape index (κ3) is 2.85. The van der Waals surface area contributed by atoms with Crippen molar-refractivity contribution in [2.75, 3.05) is 13.7 Å². The quantitative estimate of drug-likeness (QED) is 0.820. The van der Waals surface area contributed by atoms with Gasteiger partial charge in [-0.05, 0) is 24.6 Å². The van der Waals surface area contributed by atoms with Crippen molar-refractivity contribution in [1.82, 2.24) is 15.0 Å². The molecule has 20 heavy (non-hydrogen) atoms. The summed E-state index contributed by atoms with van der Waals surface area (Å²) in [4.78, 5) is 11.7. The SMILES string of the molecule is COC(=O)c1nnn(Cc2ccccc2C)c1CCN. The summed E-state index contributed by atoms with van der Waals surface area (Å²) in [5, 5.41) is 7.96. The topological polar surface area (TPSA) is 83.0 Å². The molecule has 1 aromatic heterocycles. The Morgan fingerprint density at radius 1 is 1.40 bits per heavy atom. The average molecular weight is 274 g/mol. The van der Waals surface area contributed by atoms with Crippen LogP contribution >= 0.6 is 0 Å². The molecule has 0 bridgehead atoms. The molecule has 106 valence electrons. The lowest BCUT2D eigenvalue weighted by atomic mass is 10.1. The van der Waals surface area contributed by atoms with Crippen molar-refractivity contribution in [3.8, 4) is 0 Å². The standard InChI is InChI=1S/C14H18N4O2/c1-10-5-3-4-6-11(10)9-18-12(7-8-15)13(16-17-18)14(19)20-2/h3-6H,7-9,15H2,1-2H3. The van der Waals surface area contributed by atoms with E-state index >= 15 is 0 Å². The van der Waals surface area contributed by atoms with Gasteiger partial charge in [0.05, 0.1) is 19.3 Å². The normalized spacial score (nSPS) is 10.6. The van der Waals surface area contributed by atoms with Gasteiger partial charge in [-0.1, -0.05) is 29.5 Å². The van der Waals surface area contributed by atoms with Crippen LogP contribution < -0.4 is 5.73 Å². The van der Waals surface area contributed by atoms with Crippen molar-refractivity contribution < 1.29 is 9.53 Å². The Bertz CT molecular complexity index is 607. The van der Waals surface area contributed by atoms with Gasteiger partial charge in [0.1, 0.15) is 0 Å². The zero-order valence-corrected chi connectivity index (χ0v) is 11.7. The highest BCUT2D eigenvalue weighted by molar-refractivity contribution is 5.88. The first-order chi connectivity index (χ1) is 9.67. The molecule has 0 saturated heterocycles. The smallest absolute Gasteiger partial charge is 0.360 e. The van der Waals surface area contributed by atoms with Gasteiger partial charge in [-0.15, -0.1) is 5.10 Å². The number of carbonyl (C=O) groups is 1. The molecule has 0 aliphatic carbocycles. The highest BCUT2D eigenvalue weighted by atomic mass is 16.5. The van der Waals surface area contributed by atoms with E-state index in [2.05, 4.69) is 10.3 Å². The molecule has 0 aliphatic rings. The van der Waals surface area contributed by atoms with E-state index in [0.29, 0.717) is 25.2 Å². The van der Waals surface area contributed by atoms with Gasteiger partial charge in [0, 0.05) is 6.42 Å². The molecule has 2 rings (SSSR count). The Labute approximate surface area is 117 Å². The lowest BCUT2D eigenvalue weighted by Gasteiger charge is -2.08. The van der Waals surface area contributed by atoms with Crippen molar-refractivity contribution in [3.05, 3.63) is 46.8 Å². The maximum atomic E-state index is 11.7. The minimum Gasteiger partial charge on any atom is -0.464 e. The van der Waals surface area contributed by atoms with Crippen molar-refractivity contribution in [2.45, 2.75) is 19.9 Å². The van der Waals surface area contributed by atoms with Crippen molar-refractivity contribution in [2.24, 2.45) is 5.73 Å². The number of carbonyl (C=O) groups excluding carboxylic acids is 1. The Hall–Kier alpha value is -2.21. The molecule has 6 nitrogen and oxygen atoms in total. The number of methoxy groups -OCH3 is 1. The summed E-state index contributed by atoms with van der Waals surface area (Å²) in [6.07, 6.45) is 0.531. The largest absolute Gasteiger partial charge is 0.464 e. The molecule has 1 heterocycles. The fourth-order valence-electron chi connectivity index (χ4n) is 2.05. The van der Waals surface area contributed by atoms with Crippen molar-refractivity contribution in [1.29, 1.82) is 0 Å². The Morgan fingerprint density at radius 2 is 2.15 bits per heavy atom. The second-order valence-electron chi connectivity index (χ2n) is 4.50. The minimum absolute atomic E-state index is 0.242. The highest BCUT2D eigenvalue weighted by Crippen LogP contribution is 2.13. The number of esters is 1. The van der Waals surface area contributed by atoms with Crippen molar-refractivity contribution in [3.63, 3.8) is 0 Å². The first-order valence-corrected chi connectivity index (χ1v) is 6.42. The lowest BCUT2D eigenvalue weighted by molar-refractivity contribution is 0.0592. The van der Waals surface area contributed by atoms with Crippen LogP contribution in [0.15, 0.2) is 24.3 Å². The number of nitrogens with two attached hydrogens (primary N) is 1. The lowest BCUT2D eigenvalue weighted by Crippen LogP contribution is -2.15. The van der Waals surface area contributed by atoms with Gasteiger partial charge in [-0.3, -0.25) is 0 Å². The Morgan fingerprint density at radius 3 is 2.80 bits per heavy atom. The highest BCUT2D eigenvalue weighted by Gasteiger charge is 2.19. The van der Waals surface area contributed by atoms with Crippen LogP contribution in [0.2, 0.25) is 0 Å². The monoisotopic (exact) mass is 274 g/mol. The summed E-state index contributed by atoms with van der Waals surface area (Å²) in [6, 6.07) is 8.03. The van der Waals surface area contributed by atoms with Crippen LogP contribution in [-0.2, 0) is 17.7 Å². The van der Waals surface area contributed by atoms with Gasteiger partial charge in [0.2, 0.25) is 0 Å². The molecular weight excluding hydrogens is 256 g/mol. The van der Waals surface area contributed by atoms with E-state index in [9.17, 15) is 4.79 Å². The van der Waals surface area contributed by atoms with E-state index in [-0.39, 0.29) is 5.69 Å². The summed E-state index contributed by atoms with van der Waals surface area (Å²) in [5.41, 5.74) is 8.85. The zero-order valence-electron chi connectivity index (χ0n) is 11.7. The predicted octanol–water partition coefficient (Wildman–Crippen LogP) is 0.923. The second kappa shape index (κ2) is 6.29. The van der Waals surface area contributed by atoms with Gasteiger partial charge < -0.3 is 10.5 Å². The summed E-state index contributed by atoms with van der Waals surface area (Å²) in [6.45, 7) is 3.02. The number of hydrogen-bond donors (Lipinski definition) is 1. The maximum Gasteiger partial charge on any atom is 0.360 e. The molecule has 0 unspecified atom stereocenters. The fraction of sp³-hybridized carbons (Fsp3) is 0.357. The molecule has 0 spiro atoms. The average Bonchev–Trinajstić information content (AvgIpc) is 2.84. The number of aromatic nitrogens is 3. The third-order valence-corrected chi connectivity index (χ3v) is 3.18. The number of rotatable bonds is 5. The van der Waals surface area contributed by atoms with Crippen LogP contribution in [0.5, 0.6) is 0 Å². The van der Waals surface area contributed by atoms with Crippen molar-refractivity contribution >= 4 is 5.97 Å². The molecule has 6 heteroatoms. The van der Waals surface area contributed by atoms with Gasteiger partial charge in [-0.2, -0.15) is 0 Å². The van der Waals surface area contributed by atoms with Crippen LogP contribution in [0.4, 0.5) is 0 Å². The van der Waals surface area contributed by atoms with Gasteiger partial charge in [0.15, 0.2) is 5.69 Å². The zero-order chi connectivity index (χ0) is 14.5. The maximum absolute atomic E-state index is 11.7. The number of aryl methyl sites for hydroxylation is 1. The summed E-state index contributed by atoms with van der Waals surface area (Å²) in [7, 11) is 1.33. The molecular formula is C14H18N4O2. The van der Waals surface area contributed by atoms with Crippen LogP contribution in [0.3, 0.4) is 0 Å². The van der Waals surface area contributed by atoms with Crippen LogP contribution in [0.1, 0.15) is 27.3 Å². The fourth-order valence-corrected chi connectivity index (χ4v) is 2.05. The van der Waals surface area contributed by atoms with E-state index in [1.165, 1.54) is 12.7 Å². The molecule has 0 aliphatic heterocycles. The second-order valence-corrected chi connectivity index (χ2v) is 4.50. The van der Waals surface area contributed by atoms with Crippen LogP contribution in [0, 0.1) is 6.92 Å². The van der Waals surface area contributed by atoms with Crippen LogP contribution in [0.25, 0.3) is 0 Å². The molecule has 0 fully saturated rings. The number of hydrogen-bond acceptors (Lipinski definition) is 5. The number of nitrogens with zero attached hydrogens (tertiary/aromatic N) is 3. The number of ether oxygens (including phenoxy) is 1. The molecule has 0 radical (unpaired) electrons. The van der Waals surface area contributed by atoms with E-state index in [4.69, 9.17) is 10.5 Å². The third-order valence-electron chi connectivity index (χ3n) is 3.18. The number of benzene rings is 1. The first-order valence-electron chi connectivity index (χ1n) is 6.42.